The van der Waals surface area contributed by atoms with E-state index in [0.29, 0.717) is 13.1 Å². The third-order valence-corrected chi connectivity index (χ3v) is 5.28. The average Bonchev–Trinajstić information content (AvgIpc) is 2.80. The third-order valence-electron chi connectivity index (χ3n) is 5.28. The van der Waals surface area contributed by atoms with Crippen LogP contribution in [0.15, 0.2) is 15.7 Å². The molecule has 3 N–H and O–H groups in total. The first-order valence-corrected chi connectivity index (χ1v) is 9.03. The molecule has 0 saturated carbocycles. The van der Waals surface area contributed by atoms with Gasteiger partial charge < -0.3 is 19.9 Å². The van der Waals surface area contributed by atoms with Gasteiger partial charge in [0.25, 0.3) is 11.5 Å². The fourth-order valence-electron chi connectivity index (χ4n) is 3.92. The second-order valence-electron chi connectivity index (χ2n) is 7.13. The van der Waals surface area contributed by atoms with Gasteiger partial charge in [-0.05, 0) is 31.8 Å². The molecule has 3 heterocycles. The van der Waals surface area contributed by atoms with E-state index in [1.807, 2.05) is 0 Å². The maximum absolute atomic E-state index is 12.6. The Hall–Kier alpha value is -1.93. The Bertz CT molecular complexity index is 677. The van der Waals surface area contributed by atoms with E-state index in [1.165, 1.54) is 25.7 Å². The van der Waals surface area contributed by atoms with E-state index in [0.717, 1.165) is 25.7 Å². The SMILES string of the molecule is O=C(c1cc(=O)[nH]c(=O)[nH]1)N1C[C@@H](CO)[C@@H](CN2CCCCCC2)C1. The summed E-state index contributed by atoms with van der Waals surface area (Å²) in [5, 5.41) is 9.71. The molecule has 0 aliphatic carbocycles. The molecule has 8 heteroatoms. The number of aromatic amines is 2. The van der Waals surface area contributed by atoms with Crippen molar-refractivity contribution < 1.29 is 9.90 Å². The van der Waals surface area contributed by atoms with E-state index < -0.39 is 11.2 Å². The van der Waals surface area contributed by atoms with Crippen LogP contribution in [0.3, 0.4) is 0 Å². The number of hydrogen-bond acceptors (Lipinski definition) is 5. The van der Waals surface area contributed by atoms with Gasteiger partial charge in [0.1, 0.15) is 5.69 Å². The van der Waals surface area contributed by atoms with Gasteiger partial charge in [-0.3, -0.25) is 14.6 Å². The van der Waals surface area contributed by atoms with Crippen LogP contribution < -0.4 is 11.2 Å². The number of nitrogens with zero attached hydrogens (tertiary/aromatic N) is 2. The lowest BCUT2D eigenvalue weighted by atomic mass is 9.96. The molecule has 2 saturated heterocycles. The van der Waals surface area contributed by atoms with Gasteiger partial charge in [0.05, 0.1) is 0 Å². The van der Waals surface area contributed by atoms with Crippen molar-refractivity contribution in [1.29, 1.82) is 0 Å². The third kappa shape index (κ3) is 4.38. The van der Waals surface area contributed by atoms with Gasteiger partial charge in [0, 0.05) is 38.2 Å². The van der Waals surface area contributed by atoms with Crippen molar-refractivity contribution in [2.24, 2.45) is 11.8 Å². The number of H-pyrrole nitrogens is 2. The van der Waals surface area contributed by atoms with Crippen molar-refractivity contribution in [2.75, 3.05) is 39.3 Å². The summed E-state index contributed by atoms with van der Waals surface area (Å²) in [6.07, 6.45) is 4.94. The van der Waals surface area contributed by atoms with Crippen molar-refractivity contribution >= 4 is 5.91 Å². The molecule has 1 aromatic rings. The van der Waals surface area contributed by atoms with Crippen molar-refractivity contribution in [3.05, 3.63) is 32.6 Å². The molecule has 25 heavy (non-hydrogen) atoms. The molecule has 2 atom stereocenters. The van der Waals surface area contributed by atoms with Crippen molar-refractivity contribution in [3.8, 4) is 0 Å². The summed E-state index contributed by atoms with van der Waals surface area (Å²) in [5.41, 5.74) is -1.28. The highest BCUT2D eigenvalue weighted by molar-refractivity contribution is 5.92. The number of carbonyl (C=O) groups is 1. The summed E-state index contributed by atoms with van der Waals surface area (Å²) >= 11 is 0. The van der Waals surface area contributed by atoms with Crippen LogP contribution >= 0.6 is 0 Å². The quantitative estimate of drug-likeness (QED) is 0.686. The Morgan fingerprint density at radius 1 is 1.08 bits per heavy atom. The standard InChI is InChI=1S/C17H26N4O4/c22-11-13-10-21(16(24)14-7-15(23)19-17(25)18-14)9-12(13)8-20-5-3-1-2-4-6-20/h7,12-13,22H,1-6,8-11H2,(H2,18,19,23,25)/t12-,13-/m0/s1. The van der Waals surface area contributed by atoms with E-state index in [1.54, 1.807) is 4.90 Å². The molecule has 0 unspecified atom stereocenters. The van der Waals surface area contributed by atoms with Crippen LogP contribution in [0.4, 0.5) is 0 Å². The Morgan fingerprint density at radius 2 is 1.76 bits per heavy atom. The summed E-state index contributed by atoms with van der Waals surface area (Å²) in [6.45, 7) is 4.04. The van der Waals surface area contributed by atoms with Crippen LogP contribution in [0.1, 0.15) is 36.2 Å². The van der Waals surface area contributed by atoms with Crippen LogP contribution in [-0.4, -0.2) is 70.1 Å². The highest BCUT2D eigenvalue weighted by atomic mass is 16.3. The van der Waals surface area contributed by atoms with E-state index >= 15 is 0 Å². The van der Waals surface area contributed by atoms with Gasteiger partial charge in [0.15, 0.2) is 0 Å². The molecular weight excluding hydrogens is 324 g/mol. The number of hydrogen-bond donors (Lipinski definition) is 3. The first-order chi connectivity index (χ1) is 12.1. The zero-order chi connectivity index (χ0) is 17.8. The van der Waals surface area contributed by atoms with Crippen molar-refractivity contribution in [2.45, 2.75) is 25.7 Å². The lowest BCUT2D eigenvalue weighted by Gasteiger charge is -2.26. The molecule has 8 nitrogen and oxygen atoms in total. The summed E-state index contributed by atoms with van der Waals surface area (Å²) in [6, 6.07) is 1.11. The predicted molar refractivity (Wildman–Crippen MR) is 92.6 cm³/mol. The van der Waals surface area contributed by atoms with Gasteiger partial charge in [-0.1, -0.05) is 12.8 Å². The highest BCUT2D eigenvalue weighted by Gasteiger charge is 2.36. The van der Waals surface area contributed by atoms with Gasteiger partial charge in [-0.15, -0.1) is 0 Å². The molecule has 0 spiro atoms. The minimum atomic E-state index is -0.685. The predicted octanol–water partition coefficient (Wildman–Crippen LogP) is -0.380. The summed E-state index contributed by atoms with van der Waals surface area (Å²) < 4.78 is 0. The fourth-order valence-corrected chi connectivity index (χ4v) is 3.92. The number of amides is 1. The zero-order valence-electron chi connectivity index (χ0n) is 14.4. The Morgan fingerprint density at radius 3 is 2.40 bits per heavy atom. The number of aromatic nitrogens is 2. The molecule has 0 radical (unpaired) electrons. The zero-order valence-corrected chi connectivity index (χ0v) is 14.4. The van der Waals surface area contributed by atoms with Gasteiger partial charge >= 0.3 is 5.69 Å². The van der Waals surface area contributed by atoms with Crippen LogP contribution in [-0.2, 0) is 0 Å². The minimum Gasteiger partial charge on any atom is -0.396 e. The lowest BCUT2D eigenvalue weighted by molar-refractivity contribution is 0.0772. The van der Waals surface area contributed by atoms with Crippen LogP contribution in [0.2, 0.25) is 0 Å². The molecule has 0 aromatic carbocycles. The number of carbonyl (C=O) groups excluding carboxylic acids is 1. The smallest absolute Gasteiger partial charge is 0.326 e. The molecule has 0 bridgehead atoms. The molecule has 1 amide bonds. The molecule has 138 valence electrons. The van der Waals surface area contributed by atoms with Gasteiger partial charge in [0.2, 0.25) is 0 Å². The molecule has 2 aliphatic heterocycles. The largest absolute Gasteiger partial charge is 0.396 e. The monoisotopic (exact) mass is 350 g/mol. The fraction of sp³-hybridized carbons (Fsp3) is 0.706. The molecule has 1 aromatic heterocycles. The first-order valence-electron chi connectivity index (χ1n) is 9.03. The number of nitrogens with one attached hydrogen (secondary N) is 2. The van der Waals surface area contributed by atoms with Gasteiger partial charge in [-0.2, -0.15) is 0 Å². The van der Waals surface area contributed by atoms with E-state index in [2.05, 4.69) is 14.9 Å². The second kappa shape index (κ2) is 7.97. The molecule has 2 aliphatic rings. The minimum absolute atomic E-state index is 0.000798. The maximum Gasteiger partial charge on any atom is 0.326 e. The maximum atomic E-state index is 12.6. The number of likely N-dealkylation sites (tertiary alicyclic amines) is 2. The highest BCUT2D eigenvalue weighted by Crippen LogP contribution is 2.26. The summed E-state index contributed by atoms with van der Waals surface area (Å²) in [4.78, 5) is 43.9. The lowest BCUT2D eigenvalue weighted by Crippen LogP contribution is -2.36. The second-order valence-corrected chi connectivity index (χ2v) is 7.13. The first kappa shape index (κ1) is 17.9. The molecular formula is C17H26N4O4. The van der Waals surface area contributed by atoms with Crippen LogP contribution in [0, 0.1) is 11.8 Å². The number of aliphatic hydroxyl groups is 1. The van der Waals surface area contributed by atoms with E-state index in [-0.39, 0.29) is 30.0 Å². The Balaban J connectivity index is 1.68. The van der Waals surface area contributed by atoms with E-state index in [4.69, 9.17) is 0 Å². The Kier molecular flexibility index (Phi) is 5.70. The molecule has 2 fully saturated rings. The Labute approximate surface area is 145 Å². The van der Waals surface area contributed by atoms with Crippen molar-refractivity contribution in [3.63, 3.8) is 0 Å². The van der Waals surface area contributed by atoms with Crippen LogP contribution in [0.5, 0.6) is 0 Å². The number of rotatable bonds is 4. The van der Waals surface area contributed by atoms with Crippen molar-refractivity contribution in [1.82, 2.24) is 19.8 Å². The van der Waals surface area contributed by atoms with Gasteiger partial charge in [-0.25, -0.2) is 4.79 Å². The summed E-state index contributed by atoms with van der Waals surface area (Å²) in [5.74, 6) is -0.123. The number of aliphatic hydroxyl groups excluding tert-OH is 1. The summed E-state index contributed by atoms with van der Waals surface area (Å²) in [7, 11) is 0. The average molecular weight is 350 g/mol. The van der Waals surface area contributed by atoms with E-state index in [9.17, 15) is 19.5 Å². The normalized spacial score (nSPS) is 25.1. The molecule has 3 rings (SSSR count). The van der Waals surface area contributed by atoms with Crippen LogP contribution in [0.25, 0.3) is 0 Å². The topological polar surface area (TPSA) is 109 Å².